The SMILES string of the molecule is COc1cc(/C=C/C2=C(c3ccc(C(F)(F)F)cc3)COC=N2)ccc1OCC1CC1. The lowest BCUT2D eigenvalue weighted by molar-refractivity contribution is -0.137. The van der Waals surface area contributed by atoms with E-state index in [0.717, 1.165) is 17.7 Å². The van der Waals surface area contributed by atoms with Crippen molar-refractivity contribution in [3.63, 3.8) is 0 Å². The fourth-order valence-corrected chi connectivity index (χ4v) is 3.18. The van der Waals surface area contributed by atoms with Gasteiger partial charge in [0.25, 0.3) is 0 Å². The number of aliphatic imine (C=N–C) groups is 1. The zero-order chi connectivity index (χ0) is 21.8. The van der Waals surface area contributed by atoms with Crippen molar-refractivity contribution in [2.45, 2.75) is 19.0 Å². The predicted octanol–water partition coefficient (Wildman–Crippen LogP) is 5.99. The van der Waals surface area contributed by atoms with Crippen molar-refractivity contribution in [3.8, 4) is 11.5 Å². The Morgan fingerprint density at radius 3 is 2.52 bits per heavy atom. The number of rotatable bonds is 7. The molecular weight excluding hydrogens is 407 g/mol. The van der Waals surface area contributed by atoms with Crippen molar-refractivity contribution in [2.75, 3.05) is 20.3 Å². The first kappa shape index (κ1) is 21.0. The average molecular weight is 429 g/mol. The van der Waals surface area contributed by atoms with Gasteiger partial charge in [-0.05, 0) is 60.2 Å². The normalized spacial score (nSPS) is 16.5. The lowest BCUT2D eigenvalue weighted by atomic mass is 10.0. The molecule has 1 aliphatic heterocycles. The topological polar surface area (TPSA) is 40.0 Å². The molecule has 2 aromatic carbocycles. The zero-order valence-corrected chi connectivity index (χ0v) is 17.0. The number of allylic oxidation sites excluding steroid dienone is 1. The van der Waals surface area contributed by atoms with Gasteiger partial charge in [-0.25, -0.2) is 4.99 Å². The Kier molecular flexibility index (Phi) is 6.02. The Morgan fingerprint density at radius 2 is 1.84 bits per heavy atom. The standard InChI is InChI=1S/C24H22F3NO3/c1-29-23-12-16(5-11-22(23)31-13-17-2-3-17)4-10-21-20(14-30-15-28-21)18-6-8-19(9-7-18)24(25,26)27/h4-12,15,17H,2-3,13-14H2,1H3/b10-4+. The second-order valence-corrected chi connectivity index (χ2v) is 7.48. The largest absolute Gasteiger partial charge is 0.493 e. The van der Waals surface area contributed by atoms with Gasteiger partial charge >= 0.3 is 6.18 Å². The summed E-state index contributed by atoms with van der Waals surface area (Å²) in [6.07, 6.45) is 3.07. The molecule has 0 aromatic heterocycles. The van der Waals surface area contributed by atoms with Gasteiger partial charge < -0.3 is 14.2 Å². The maximum atomic E-state index is 12.8. The van der Waals surface area contributed by atoms with Crippen molar-refractivity contribution in [3.05, 3.63) is 70.9 Å². The molecule has 0 amide bonds. The molecule has 1 heterocycles. The first-order chi connectivity index (χ1) is 14.9. The van der Waals surface area contributed by atoms with E-state index in [9.17, 15) is 13.2 Å². The third-order valence-electron chi connectivity index (χ3n) is 5.16. The summed E-state index contributed by atoms with van der Waals surface area (Å²) in [5, 5.41) is 0. The van der Waals surface area contributed by atoms with Crippen molar-refractivity contribution in [1.29, 1.82) is 0 Å². The van der Waals surface area contributed by atoms with Crippen LogP contribution in [0.1, 0.15) is 29.5 Å². The highest BCUT2D eigenvalue weighted by molar-refractivity contribution is 5.77. The fraction of sp³-hybridized carbons (Fsp3) is 0.292. The van der Waals surface area contributed by atoms with Crippen LogP contribution in [0.5, 0.6) is 11.5 Å². The molecule has 4 nitrogen and oxygen atoms in total. The number of benzene rings is 2. The first-order valence-corrected chi connectivity index (χ1v) is 9.98. The van der Waals surface area contributed by atoms with Crippen LogP contribution in [0.2, 0.25) is 0 Å². The monoisotopic (exact) mass is 429 g/mol. The molecule has 1 saturated carbocycles. The van der Waals surface area contributed by atoms with Crippen LogP contribution >= 0.6 is 0 Å². The smallest absolute Gasteiger partial charge is 0.416 e. The van der Waals surface area contributed by atoms with E-state index < -0.39 is 11.7 Å². The van der Waals surface area contributed by atoms with E-state index in [-0.39, 0.29) is 6.61 Å². The number of hydrogen-bond donors (Lipinski definition) is 0. The lowest BCUT2D eigenvalue weighted by Gasteiger charge is -2.15. The Labute approximate surface area is 178 Å². The van der Waals surface area contributed by atoms with E-state index in [2.05, 4.69) is 4.99 Å². The maximum Gasteiger partial charge on any atom is 0.416 e. The van der Waals surface area contributed by atoms with Gasteiger partial charge in [-0.2, -0.15) is 13.2 Å². The van der Waals surface area contributed by atoms with Crippen LogP contribution in [0.4, 0.5) is 13.2 Å². The van der Waals surface area contributed by atoms with Crippen LogP contribution in [0, 0.1) is 5.92 Å². The van der Waals surface area contributed by atoms with Crippen molar-refractivity contribution < 1.29 is 27.4 Å². The summed E-state index contributed by atoms with van der Waals surface area (Å²) in [5.74, 6) is 2.00. The van der Waals surface area contributed by atoms with E-state index in [1.807, 2.05) is 30.4 Å². The van der Waals surface area contributed by atoms with E-state index >= 15 is 0 Å². The molecule has 1 aliphatic carbocycles. The van der Waals surface area contributed by atoms with Crippen LogP contribution in [0.3, 0.4) is 0 Å². The highest BCUT2D eigenvalue weighted by Crippen LogP contribution is 2.34. The molecule has 0 radical (unpaired) electrons. The Bertz CT molecular complexity index is 1020. The number of ether oxygens (including phenoxy) is 3. The highest BCUT2D eigenvalue weighted by Gasteiger charge is 2.30. The van der Waals surface area contributed by atoms with E-state index in [0.29, 0.717) is 40.9 Å². The maximum absolute atomic E-state index is 12.8. The quantitative estimate of drug-likeness (QED) is 0.543. The summed E-state index contributed by atoms with van der Waals surface area (Å²) >= 11 is 0. The molecule has 0 bridgehead atoms. The van der Waals surface area contributed by atoms with Gasteiger partial charge in [0, 0.05) is 5.57 Å². The molecule has 0 saturated heterocycles. The Hall–Kier alpha value is -3.22. The van der Waals surface area contributed by atoms with Gasteiger partial charge in [0.05, 0.1) is 25.0 Å². The minimum absolute atomic E-state index is 0.228. The van der Waals surface area contributed by atoms with E-state index in [1.165, 1.54) is 31.4 Å². The Morgan fingerprint density at radius 1 is 1.06 bits per heavy atom. The second-order valence-electron chi connectivity index (χ2n) is 7.48. The van der Waals surface area contributed by atoms with Crippen LogP contribution in [0.15, 0.2) is 59.2 Å². The van der Waals surface area contributed by atoms with Crippen LogP contribution < -0.4 is 9.47 Å². The summed E-state index contributed by atoms with van der Waals surface area (Å²) in [5.41, 5.74) is 2.16. The summed E-state index contributed by atoms with van der Waals surface area (Å²) in [4.78, 5) is 4.26. The Balaban J connectivity index is 1.55. The van der Waals surface area contributed by atoms with Gasteiger partial charge in [-0.15, -0.1) is 0 Å². The second kappa shape index (κ2) is 8.88. The molecule has 7 heteroatoms. The molecule has 162 valence electrons. The van der Waals surface area contributed by atoms with Gasteiger partial charge in [-0.1, -0.05) is 24.3 Å². The number of hydrogen-bond acceptors (Lipinski definition) is 4. The van der Waals surface area contributed by atoms with Gasteiger partial charge in [-0.3, -0.25) is 0 Å². The highest BCUT2D eigenvalue weighted by atomic mass is 19.4. The third-order valence-corrected chi connectivity index (χ3v) is 5.16. The number of halogens is 3. The third kappa shape index (κ3) is 5.29. The van der Waals surface area contributed by atoms with Crippen LogP contribution in [-0.2, 0) is 10.9 Å². The summed E-state index contributed by atoms with van der Waals surface area (Å²) in [6, 6.07) is 10.7. The number of alkyl halides is 3. The van der Waals surface area contributed by atoms with Crippen molar-refractivity contribution >= 4 is 18.0 Å². The molecule has 31 heavy (non-hydrogen) atoms. The molecule has 1 fully saturated rings. The molecule has 2 aliphatic rings. The van der Waals surface area contributed by atoms with Crippen LogP contribution in [-0.4, -0.2) is 26.7 Å². The van der Waals surface area contributed by atoms with Gasteiger partial charge in [0.2, 0.25) is 0 Å². The first-order valence-electron chi connectivity index (χ1n) is 9.98. The van der Waals surface area contributed by atoms with Gasteiger partial charge in [0.1, 0.15) is 6.61 Å². The molecule has 0 unspecified atom stereocenters. The zero-order valence-electron chi connectivity index (χ0n) is 17.0. The molecule has 4 rings (SSSR count). The minimum atomic E-state index is -4.37. The minimum Gasteiger partial charge on any atom is -0.493 e. The summed E-state index contributed by atoms with van der Waals surface area (Å²) in [7, 11) is 1.60. The number of methoxy groups -OCH3 is 1. The average Bonchev–Trinajstić information content (AvgIpc) is 3.61. The molecular formula is C24H22F3NO3. The molecule has 0 N–H and O–H groups in total. The number of nitrogens with zero attached hydrogens (tertiary/aromatic N) is 1. The van der Waals surface area contributed by atoms with Gasteiger partial charge in [0.15, 0.2) is 17.9 Å². The van der Waals surface area contributed by atoms with E-state index in [1.54, 1.807) is 7.11 Å². The van der Waals surface area contributed by atoms with Crippen molar-refractivity contribution in [1.82, 2.24) is 0 Å². The van der Waals surface area contributed by atoms with Crippen LogP contribution in [0.25, 0.3) is 11.6 Å². The molecule has 0 atom stereocenters. The molecule has 0 spiro atoms. The predicted molar refractivity (Wildman–Crippen MR) is 113 cm³/mol. The summed E-state index contributed by atoms with van der Waals surface area (Å²) in [6.45, 7) is 0.926. The fourth-order valence-electron chi connectivity index (χ4n) is 3.18. The van der Waals surface area contributed by atoms with E-state index in [4.69, 9.17) is 14.2 Å². The molecule has 2 aromatic rings. The lowest BCUT2D eigenvalue weighted by Crippen LogP contribution is -2.07. The van der Waals surface area contributed by atoms with Crippen molar-refractivity contribution in [2.24, 2.45) is 10.9 Å². The summed E-state index contributed by atoms with van der Waals surface area (Å²) < 4.78 is 55.1.